The van der Waals surface area contributed by atoms with Gasteiger partial charge in [0, 0.05) is 43.1 Å². The molecule has 3 heterocycles. The molecule has 29 rings (SSSR count). The molecule has 3 nitrogen and oxygen atoms in total. The molecule has 0 unspecified atom stereocenters. The summed E-state index contributed by atoms with van der Waals surface area (Å²) in [6.45, 7) is 0. The van der Waals surface area contributed by atoms with Crippen LogP contribution in [0.15, 0.2) is 511 Å². The van der Waals surface area contributed by atoms with Crippen molar-refractivity contribution in [2.45, 2.75) is 0 Å². The minimum absolute atomic E-state index is 0.912. The van der Waals surface area contributed by atoms with E-state index in [0.717, 1.165) is 76.6 Å². The standard InChI is InChI=1S/C48H30O.C46H28O.C40H24O/c1-2-11-31(12-3-1)32-21-23-33(24-22-32)47-39-17-6-8-19-41(39)48(42-20-9-7-18-40(42)47)38-16-10-15-34(27-38)37-25-26-45-43(29-37)44-28-35-13-4-5-14-36(35)30-46(44)49-45;1-3-16-34-29(11-1)13-10-22-36(34)45-39-20-7-5-18-37(39)44(38-19-6-8-21-40(38)45)33-15-9-14-31(27-33)32-24-26-43-42(28-32)41-25-23-30-12-2-4-17-35(30)46(41)47-43;1-3-13-28-25(10-1)12-9-19-30(28)39-33-17-7-5-15-31(33)38(32-16-6-8-18-34(32)39)27-21-23-37-36(24-27)35-22-20-26-11-2-4-14-29(26)40(35)41-37/h1-30H;1-28H;1-24H. The third-order valence-corrected chi connectivity index (χ3v) is 28.5. The van der Waals surface area contributed by atoms with Crippen LogP contribution >= 0.6 is 0 Å². The second-order valence-corrected chi connectivity index (χ2v) is 36.1. The Morgan fingerprint density at radius 3 is 0.766 bits per heavy atom. The number of furan rings is 3. The molecule has 26 aromatic carbocycles. The first-order chi connectivity index (χ1) is 67.9. The van der Waals surface area contributed by atoms with E-state index >= 15 is 0 Å². The highest BCUT2D eigenvalue weighted by molar-refractivity contribution is 6.28. The van der Waals surface area contributed by atoms with E-state index in [1.807, 2.05) is 0 Å². The van der Waals surface area contributed by atoms with Crippen LogP contribution in [0.5, 0.6) is 0 Å². The molecule has 0 atom stereocenters. The van der Waals surface area contributed by atoms with Crippen molar-refractivity contribution in [2.24, 2.45) is 0 Å². The summed E-state index contributed by atoms with van der Waals surface area (Å²) >= 11 is 0. The molecule has 0 aliphatic carbocycles. The number of hydrogen-bond donors (Lipinski definition) is 0. The Morgan fingerprint density at radius 2 is 0.350 bits per heavy atom. The van der Waals surface area contributed by atoms with Crippen molar-refractivity contribution in [2.75, 3.05) is 0 Å². The van der Waals surface area contributed by atoms with E-state index in [1.165, 1.54) is 208 Å². The lowest BCUT2D eigenvalue weighted by Gasteiger charge is -2.19. The summed E-state index contributed by atoms with van der Waals surface area (Å²) in [7, 11) is 0. The fourth-order valence-electron chi connectivity index (χ4n) is 22.3. The Morgan fingerprint density at radius 1 is 0.102 bits per heavy atom. The second kappa shape index (κ2) is 32.5. The maximum Gasteiger partial charge on any atom is 0.143 e. The van der Waals surface area contributed by atoms with Crippen LogP contribution in [0.25, 0.3) is 284 Å². The average Bonchev–Trinajstić information content (AvgIpc) is 1.73. The highest BCUT2D eigenvalue weighted by Crippen LogP contribution is 2.52. The molecule has 0 N–H and O–H groups in total. The van der Waals surface area contributed by atoms with Crippen LogP contribution in [-0.2, 0) is 0 Å². The van der Waals surface area contributed by atoms with Gasteiger partial charge in [-0.1, -0.05) is 425 Å². The van der Waals surface area contributed by atoms with Crippen molar-refractivity contribution in [1.29, 1.82) is 0 Å². The maximum absolute atomic E-state index is 6.45. The van der Waals surface area contributed by atoms with Crippen LogP contribution in [0.3, 0.4) is 0 Å². The van der Waals surface area contributed by atoms with Crippen LogP contribution in [0, 0.1) is 0 Å². The van der Waals surface area contributed by atoms with E-state index in [9.17, 15) is 0 Å². The molecule has 636 valence electrons. The molecule has 0 saturated heterocycles. The van der Waals surface area contributed by atoms with Gasteiger partial charge in [-0.05, 0) is 281 Å². The SMILES string of the molecule is c1cc(-c2ccc3oc4c5ccccc5ccc4c3c2)cc(-c2c3ccccc3c(-c3cccc4ccccc34)c3ccccc23)c1.c1ccc(-c2ccc(-c3c4ccccc4c(-c4cccc(-c5ccc6oc7cc8ccccc8cc7c6c5)c4)c4ccccc34)cc2)cc1.c1ccc2c(-c3c4ccccc4c(-c4ccc5oc6c7ccccc7ccc6c5c4)c4ccccc34)cccc2c1. The van der Waals surface area contributed by atoms with Gasteiger partial charge in [0.25, 0.3) is 0 Å². The predicted octanol–water partition coefficient (Wildman–Crippen LogP) is 38.4. The molecule has 3 heteroatoms. The Bertz CT molecular complexity index is 9820. The molecule has 0 fully saturated rings. The molecule has 3 aromatic heterocycles. The van der Waals surface area contributed by atoms with Gasteiger partial charge in [0.1, 0.15) is 33.5 Å². The van der Waals surface area contributed by atoms with Crippen LogP contribution in [0.4, 0.5) is 0 Å². The smallest absolute Gasteiger partial charge is 0.143 e. The Hall–Kier alpha value is -18.0. The predicted molar refractivity (Wildman–Crippen MR) is 583 cm³/mol. The minimum atomic E-state index is 0.912. The van der Waals surface area contributed by atoms with Crippen LogP contribution in [-0.4, -0.2) is 0 Å². The van der Waals surface area contributed by atoms with Gasteiger partial charge in [-0.15, -0.1) is 0 Å². The number of fused-ring (bicyclic) bond motifs is 22. The topological polar surface area (TPSA) is 39.4 Å². The van der Waals surface area contributed by atoms with Gasteiger partial charge in [0.15, 0.2) is 0 Å². The van der Waals surface area contributed by atoms with Gasteiger partial charge in [0.2, 0.25) is 0 Å². The summed E-state index contributed by atoms with van der Waals surface area (Å²) in [5, 5.41) is 34.2. The monoisotopic (exact) mass is 1740 g/mol. The van der Waals surface area contributed by atoms with Crippen molar-refractivity contribution in [3.8, 4) is 100 Å². The van der Waals surface area contributed by atoms with E-state index in [0.29, 0.717) is 0 Å². The van der Waals surface area contributed by atoms with Crippen molar-refractivity contribution < 1.29 is 13.3 Å². The lowest BCUT2D eigenvalue weighted by molar-refractivity contribution is 0.669. The van der Waals surface area contributed by atoms with Gasteiger partial charge in [-0.25, -0.2) is 0 Å². The van der Waals surface area contributed by atoms with Gasteiger partial charge in [-0.2, -0.15) is 0 Å². The molecule has 0 spiro atoms. The molecular formula is C134H82O3. The molecule has 0 saturated carbocycles. The average molecular weight is 1740 g/mol. The minimum Gasteiger partial charge on any atom is -0.456 e. The summed E-state index contributed by atoms with van der Waals surface area (Å²) < 4.78 is 19.2. The van der Waals surface area contributed by atoms with Crippen LogP contribution < -0.4 is 0 Å². The van der Waals surface area contributed by atoms with E-state index in [-0.39, 0.29) is 0 Å². The van der Waals surface area contributed by atoms with Crippen molar-refractivity contribution in [3.05, 3.63) is 497 Å². The zero-order valence-corrected chi connectivity index (χ0v) is 74.6. The Labute approximate surface area is 789 Å². The summed E-state index contributed by atoms with van der Waals surface area (Å²) in [5.74, 6) is 0. The summed E-state index contributed by atoms with van der Waals surface area (Å²) in [6.07, 6.45) is 0. The summed E-state index contributed by atoms with van der Waals surface area (Å²) in [4.78, 5) is 0. The van der Waals surface area contributed by atoms with E-state index in [1.54, 1.807) is 0 Å². The third kappa shape index (κ3) is 13.3. The lowest BCUT2D eigenvalue weighted by atomic mass is 9.84. The fourth-order valence-corrected chi connectivity index (χ4v) is 22.3. The zero-order valence-electron chi connectivity index (χ0n) is 74.6. The first-order valence-corrected chi connectivity index (χ1v) is 47.1. The number of rotatable bonds is 9. The summed E-state index contributed by atoms with van der Waals surface area (Å²) in [6, 6.07) is 180. The largest absolute Gasteiger partial charge is 0.456 e. The van der Waals surface area contributed by atoms with Crippen molar-refractivity contribution in [1.82, 2.24) is 0 Å². The number of benzene rings is 26. The van der Waals surface area contributed by atoms with Gasteiger partial charge in [-0.3, -0.25) is 0 Å². The first kappa shape index (κ1) is 78.8. The van der Waals surface area contributed by atoms with E-state index < -0.39 is 0 Å². The van der Waals surface area contributed by atoms with Crippen LogP contribution in [0.2, 0.25) is 0 Å². The van der Waals surface area contributed by atoms with E-state index in [2.05, 4.69) is 497 Å². The normalized spacial score (nSPS) is 11.8. The Balaban J connectivity index is 0.000000104. The molecule has 29 aromatic rings. The summed E-state index contributed by atoms with van der Waals surface area (Å²) in [5.41, 5.74) is 27.8. The quantitative estimate of drug-likeness (QED) is 0.135. The van der Waals surface area contributed by atoms with Crippen molar-refractivity contribution >= 4 is 184 Å². The zero-order chi connectivity index (χ0) is 90.1. The second-order valence-electron chi connectivity index (χ2n) is 36.1. The number of hydrogen-bond acceptors (Lipinski definition) is 3. The van der Waals surface area contributed by atoms with Gasteiger partial charge >= 0.3 is 0 Å². The van der Waals surface area contributed by atoms with Gasteiger partial charge < -0.3 is 13.3 Å². The van der Waals surface area contributed by atoms with Crippen molar-refractivity contribution in [3.63, 3.8) is 0 Å². The molecule has 0 bridgehead atoms. The molecule has 137 heavy (non-hydrogen) atoms. The van der Waals surface area contributed by atoms with Crippen LogP contribution in [0.1, 0.15) is 0 Å². The molecule has 0 aliphatic heterocycles. The first-order valence-electron chi connectivity index (χ1n) is 47.1. The molecular weight excluding hydrogens is 1660 g/mol. The third-order valence-electron chi connectivity index (χ3n) is 28.5. The maximum atomic E-state index is 6.45. The molecule has 0 aliphatic rings. The van der Waals surface area contributed by atoms with Gasteiger partial charge in [0.05, 0.1) is 0 Å². The molecule has 0 radical (unpaired) electrons. The fraction of sp³-hybridized carbons (Fsp3) is 0. The molecule has 0 amide bonds. The highest BCUT2D eigenvalue weighted by atomic mass is 16.3. The Kier molecular flexibility index (Phi) is 18.7. The van der Waals surface area contributed by atoms with E-state index in [4.69, 9.17) is 13.3 Å². The lowest BCUT2D eigenvalue weighted by Crippen LogP contribution is -1.92. The highest BCUT2D eigenvalue weighted by Gasteiger charge is 2.25.